The van der Waals surface area contributed by atoms with Crippen LogP contribution >= 0.6 is 0 Å². The van der Waals surface area contributed by atoms with Crippen molar-refractivity contribution >= 4 is 11.5 Å². The van der Waals surface area contributed by atoms with Gasteiger partial charge in [0.2, 0.25) is 0 Å². The lowest BCUT2D eigenvalue weighted by atomic mass is 10.2. The molecule has 2 aromatic rings. The average molecular weight is 219 g/mol. The zero-order chi connectivity index (χ0) is 11.7. The molecule has 2 aromatic heterocycles. The summed E-state index contributed by atoms with van der Waals surface area (Å²) in [5.74, 6) is -0.576. The Labute approximate surface area is 90.5 Å². The summed E-state index contributed by atoms with van der Waals surface area (Å²) in [5, 5.41) is 9.23. The smallest absolute Gasteiger partial charge is 0.338 e. The number of hydrogen-bond acceptors (Lipinski definition) is 4. The number of ether oxygens (including phenoxy) is 1. The molecule has 2 heterocycles. The van der Waals surface area contributed by atoms with Crippen LogP contribution < -0.4 is 5.56 Å². The van der Waals surface area contributed by atoms with Crippen molar-refractivity contribution in [2.24, 2.45) is 0 Å². The molecule has 0 bridgehead atoms. The highest BCUT2D eigenvalue weighted by Gasteiger charge is 2.08. The van der Waals surface area contributed by atoms with Gasteiger partial charge in [-0.1, -0.05) is 0 Å². The molecule has 0 aliphatic heterocycles. The molecular weight excluding hydrogens is 210 g/mol. The topological polar surface area (TPSA) is 68.0 Å². The number of aromatic nitrogens is 1. The van der Waals surface area contributed by atoms with Gasteiger partial charge < -0.3 is 9.84 Å². The summed E-state index contributed by atoms with van der Waals surface area (Å²) in [4.78, 5) is 22.9. The number of pyridine rings is 2. The van der Waals surface area contributed by atoms with Crippen molar-refractivity contribution < 1.29 is 14.6 Å². The predicted octanol–water partition coefficient (Wildman–Crippen LogP) is 0.792. The SMILES string of the molecule is COC(=O)c1cc(=O)n2cc(O)ccc2c1. The van der Waals surface area contributed by atoms with Gasteiger partial charge in [0, 0.05) is 11.6 Å². The number of hydrogen-bond donors (Lipinski definition) is 1. The second-order valence-electron chi connectivity index (χ2n) is 3.26. The Kier molecular flexibility index (Phi) is 2.36. The number of esters is 1. The van der Waals surface area contributed by atoms with Crippen molar-refractivity contribution in [1.82, 2.24) is 4.40 Å². The number of nitrogens with zero attached hydrogens (tertiary/aromatic N) is 1. The van der Waals surface area contributed by atoms with E-state index in [2.05, 4.69) is 4.74 Å². The van der Waals surface area contributed by atoms with Crippen molar-refractivity contribution in [1.29, 1.82) is 0 Å². The minimum atomic E-state index is -0.562. The molecule has 0 fully saturated rings. The van der Waals surface area contributed by atoms with Crippen LogP contribution in [0.3, 0.4) is 0 Å². The monoisotopic (exact) mass is 219 g/mol. The molecule has 0 unspecified atom stereocenters. The van der Waals surface area contributed by atoms with Crippen molar-refractivity contribution in [3.05, 3.63) is 46.4 Å². The molecule has 0 atom stereocenters. The Balaban J connectivity index is 2.73. The first kappa shape index (κ1) is 10.2. The highest BCUT2D eigenvalue weighted by atomic mass is 16.5. The molecule has 0 saturated carbocycles. The van der Waals surface area contributed by atoms with Gasteiger partial charge in [-0.25, -0.2) is 4.79 Å². The van der Waals surface area contributed by atoms with Gasteiger partial charge >= 0.3 is 5.97 Å². The lowest BCUT2D eigenvalue weighted by molar-refractivity contribution is 0.0600. The molecule has 0 aliphatic carbocycles. The van der Waals surface area contributed by atoms with Crippen molar-refractivity contribution in [2.45, 2.75) is 0 Å². The first-order chi connectivity index (χ1) is 7.61. The fourth-order valence-corrected chi connectivity index (χ4v) is 1.45. The maximum atomic E-state index is 11.6. The summed E-state index contributed by atoms with van der Waals surface area (Å²) in [6.45, 7) is 0. The summed E-state index contributed by atoms with van der Waals surface area (Å²) in [6.07, 6.45) is 1.29. The first-order valence-corrected chi connectivity index (χ1v) is 4.55. The van der Waals surface area contributed by atoms with E-state index in [1.54, 1.807) is 6.07 Å². The Hall–Kier alpha value is -2.30. The number of rotatable bonds is 1. The number of carbonyl (C=O) groups is 1. The number of aromatic hydroxyl groups is 1. The van der Waals surface area contributed by atoms with Crippen LogP contribution in [-0.4, -0.2) is 22.6 Å². The van der Waals surface area contributed by atoms with E-state index in [0.29, 0.717) is 5.52 Å². The van der Waals surface area contributed by atoms with Crippen LogP contribution in [0.2, 0.25) is 0 Å². The molecule has 0 amide bonds. The Morgan fingerprint density at radius 1 is 1.38 bits per heavy atom. The largest absolute Gasteiger partial charge is 0.506 e. The fourth-order valence-electron chi connectivity index (χ4n) is 1.45. The van der Waals surface area contributed by atoms with E-state index >= 15 is 0 Å². The predicted molar refractivity (Wildman–Crippen MR) is 56.7 cm³/mol. The number of carbonyl (C=O) groups excluding carboxylic acids is 1. The van der Waals surface area contributed by atoms with Crippen LogP contribution in [-0.2, 0) is 4.74 Å². The summed E-state index contributed by atoms with van der Waals surface area (Å²) in [7, 11) is 1.25. The average Bonchev–Trinajstić information content (AvgIpc) is 2.28. The van der Waals surface area contributed by atoms with Crippen LogP contribution in [0.4, 0.5) is 0 Å². The van der Waals surface area contributed by atoms with E-state index in [-0.39, 0.29) is 11.3 Å². The minimum absolute atomic E-state index is 0.0135. The molecule has 0 aliphatic rings. The highest BCUT2D eigenvalue weighted by Crippen LogP contribution is 2.11. The third-order valence-electron chi connectivity index (χ3n) is 2.21. The van der Waals surface area contributed by atoms with Gasteiger partial charge in [0.05, 0.1) is 18.9 Å². The Morgan fingerprint density at radius 3 is 2.81 bits per heavy atom. The number of methoxy groups -OCH3 is 1. The molecule has 0 saturated heterocycles. The van der Waals surface area contributed by atoms with Gasteiger partial charge in [-0.3, -0.25) is 9.20 Å². The van der Waals surface area contributed by atoms with Gasteiger partial charge in [-0.2, -0.15) is 0 Å². The normalized spacial score (nSPS) is 10.3. The number of fused-ring (bicyclic) bond motifs is 1. The van der Waals surface area contributed by atoms with Gasteiger partial charge in [0.25, 0.3) is 5.56 Å². The van der Waals surface area contributed by atoms with E-state index < -0.39 is 11.5 Å². The molecule has 0 radical (unpaired) electrons. The van der Waals surface area contributed by atoms with Crippen molar-refractivity contribution in [3.8, 4) is 5.75 Å². The van der Waals surface area contributed by atoms with Gasteiger partial charge in [-0.15, -0.1) is 0 Å². The van der Waals surface area contributed by atoms with Crippen LogP contribution in [0.15, 0.2) is 35.3 Å². The van der Waals surface area contributed by atoms with E-state index in [0.717, 1.165) is 6.07 Å². The fraction of sp³-hybridized carbons (Fsp3) is 0.0909. The van der Waals surface area contributed by atoms with Gasteiger partial charge in [0.15, 0.2) is 0 Å². The molecule has 5 heteroatoms. The molecule has 1 N–H and O–H groups in total. The summed E-state index contributed by atoms with van der Waals surface area (Å²) in [5.41, 5.74) is 0.317. The van der Waals surface area contributed by atoms with E-state index in [9.17, 15) is 14.7 Å². The second kappa shape index (κ2) is 3.69. The standard InChI is InChI=1S/C11H9NO4/c1-16-11(15)7-4-8-2-3-9(13)6-12(8)10(14)5-7/h2-6,13H,1H3. The Morgan fingerprint density at radius 2 is 2.12 bits per heavy atom. The quantitative estimate of drug-likeness (QED) is 0.720. The van der Waals surface area contributed by atoms with Gasteiger partial charge in [-0.05, 0) is 18.2 Å². The van der Waals surface area contributed by atoms with Gasteiger partial charge in [0.1, 0.15) is 5.75 Å². The Bertz CT molecular complexity index is 615. The van der Waals surface area contributed by atoms with Crippen LogP contribution in [0, 0.1) is 0 Å². The molecule has 5 nitrogen and oxygen atoms in total. The third-order valence-corrected chi connectivity index (χ3v) is 2.21. The summed E-state index contributed by atoms with van der Waals surface area (Å²) in [6, 6.07) is 5.67. The minimum Gasteiger partial charge on any atom is -0.506 e. The van der Waals surface area contributed by atoms with Crippen LogP contribution in [0.5, 0.6) is 5.75 Å². The zero-order valence-electron chi connectivity index (χ0n) is 8.51. The maximum Gasteiger partial charge on any atom is 0.338 e. The first-order valence-electron chi connectivity index (χ1n) is 4.55. The molecular formula is C11H9NO4. The maximum absolute atomic E-state index is 11.6. The van der Waals surface area contributed by atoms with Crippen molar-refractivity contribution in [3.63, 3.8) is 0 Å². The summed E-state index contributed by atoms with van der Waals surface area (Å²) >= 11 is 0. The second-order valence-corrected chi connectivity index (χ2v) is 3.26. The summed E-state index contributed by atoms with van der Waals surface area (Å²) < 4.78 is 5.78. The zero-order valence-corrected chi connectivity index (χ0v) is 8.51. The molecule has 0 spiro atoms. The molecule has 82 valence electrons. The molecule has 16 heavy (non-hydrogen) atoms. The van der Waals surface area contributed by atoms with E-state index in [1.807, 2.05) is 0 Å². The highest BCUT2D eigenvalue weighted by molar-refractivity contribution is 5.90. The van der Waals surface area contributed by atoms with E-state index in [4.69, 9.17) is 0 Å². The lowest BCUT2D eigenvalue weighted by Gasteiger charge is -2.03. The van der Waals surface area contributed by atoms with E-state index in [1.165, 1.54) is 29.8 Å². The van der Waals surface area contributed by atoms with Crippen molar-refractivity contribution in [2.75, 3.05) is 7.11 Å². The molecule has 0 aromatic carbocycles. The molecule has 2 rings (SSSR count). The van der Waals surface area contributed by atoms with Crippen LogP contribution in [0.1, 0.15) is 10.4 Å². The van der Waals surface area contributed by atoms with Crippen LogP contribution in [0.25, 0.3) is 5.52 Å². The lowest BCUT2D eigenvalue weighted by Crippen LogP contribution is -2.15. The third kappa shape index (κ3) is 1.63.